The van der Waals surface area contributed by atoms with E-state index in [4.69, 9.17) is 11.6 Å². The summed E-state index contributed by atoms with van der Waals surface area (Å²) in [7, 11) is 0. The van der Waals surface area contributed by atoms with Gasteiger partial charge in [0.2, 0.25) is 0 Å². The summed E-state index contributed by atoms with van der Waals surface area (Å²) in [4.78, 5) is 0. The normalized spacial score (nSPS) is 11.5. The van der Waals surface area contributed by atoms with Crippen LogP contribution in [-0.2, 0) is 0 Å². The van der Waals surface area contributed by atoms with Crippen LogP contribution in [0.3, 0.4) is 0 Å². The van der Waals surface area contributed by atoms with Crippen molar-refractivity contribution in [1.29, 1.82) is 0 Å². The summed E-state index contributed by atoms with van der Waals surface area (Å²) >= 11 is 5.60. The first-order valence-electron chi connectivity index (χ1n) is 3.40. The van der Waals surface area contributed by atoms with E-state index in [2.05, 4.69) is 4.74 Å². The molecule has 0 aromatic heterocycles. The summed E-state index contributed by atoms with van der Waals surface area (Å²) in [6.07, 6.45) is -4.67. The fourth-order valence-electron chi connectivity index (χ4n) is 0.771. The third-order valence-electron chi connectivity index (χ3n) is 1.38. The molecule has 0 heterocycles. The number of ether oxygens (including phenoxy) is 1. The Morgan fingerprint density at radius 2 is 1.92 bits per heavy atom. The first kappa shape index (κ1) is 10.2. The van der Waals surface area contributed by atoms with E-state index in [-0.39, 0.29) is 10.8 Å². The first-order chi connectivity index (χ1) is 5.88. The first-order valence-corrected chi connectivity index (χ1v) is 3.78. The second kappa shape index (κ2) is 3.46. The van der Waals surface area contributed by atoms with Crippen LogP contribution in [0.15, 0.2) is 18.2 Å². The molecule has 13 heavy (non-hydrogen) atoms. The van der Waals surface area contributed by atoms with Gasteiger partial charge in [0.25, 0.3) is 0 Å². The average Bonchev–Trinajstić information content (AvgIpc) is 1.94. The van der Waals surface area contributed by atoms with Crippen molar-refractivity contribution in [3.05, 3.63) is 28.8 Å². The molecule has 0 amide bonds. The minimum absolute atomic E-state index is 0.252. The van der Waals surface area contributed by atoms with Gasteiger partial charge in [-0.1, -0.05) is 17.7 Å². The monoisotopic (exact) mass is 210 g/mol. The van der Waals surface area contributed by atoms with Crippen LogP contribution in [-0.4, -0.2) is 6.36 Å². The number of rotatable bonds is 1. The zero-order chi connectivity index (χ0) is 10.1. The maximum atomic E-state index is 11.7. The molecular weight excluding hydrogens is 205 g/mol. The molecule has 72 valence electrons. The lowest BCUT2D eigenvalue weighted by molar-refractivity contribution is -0.274. The van der Waals surface area contributed by atoms with E-state index >= 15 is 0 Å². The maximum Gasteiger partial charge on any atom is 0.573 e. The molecular formula is C8H6ClF3O. The molecule has 0 atom stereocenters. The number of alkyl halides is 3. The molecule has 0 radical (unpaired) electrons. The second-order valence-electron chi connectivity index (χ2n) is 2.46. The van der Waals surface area contributed by atoms with Gasteiger partial charge >= 0.3 is 6.36 Å². The van der Waals surface area contributed by atoms with Crippen LogP contribution in [0.5, 0.6) is 5.75 Å². The fourth-order valence-corrected chi connectivity index (χ4v) is 0.941. The largest absolute Gasteiger partial charge is 0.573 e. The van der Waals surface area contributed by atoms with Crippen LogP contribution >= 0.6 is 11.6 Å². The van der Waals surface area contributed by atoms with Gasteiger partial charge in [-0.25, -0.2) is 0 Å². The van der Waals surface area contributed by atoms with Gasteiger partial charge in [-0.3, -0.25) is 0 Å². The van der Waals surface area contributed by atoms with Crippen LogP contribution in [0.2, 0.25) is 5.02 Å². The number of hydrogen-bond acceptors (Lipinski definition) is 1. The highest BCUT2D eigenvalue weighted by atomic mass is 35.5. The highest BCUT2D eigenvalue weighted by molar-refractivity contribution is 6.31. The van der Waals surface area contributed by atoms with Gasteiger partial charge in [0.05, 0.1) is 0 Å². The van der Waals surface area contributed by atoms with E-state index in [1.807, 2.05) is 0 Å². The Hall–Kier alpha value is -0.900. The third-order valence-corrected chi connectivity index (χ3v) is 1.78. The molecule has 0 saturated carbocycles. The fraction of sp³-hybridized carbons (Fsp3) is 0.250. The highest BCUT2D eigenvalue weighted by Crippen LogP contribution is 2.26. The highest BCUT2D eigenvalue weighted by Gasteiger charge is 2.31. The Bertz CT molecular complexity index is 309. The number of benzene rings is 1. The minimum atomic E-state index is -4.67. The van der Waals surface area contributed by atoms with E-state index in [1.165, 1.54) is 12.1 Å². The lowest BCUT2D eigenvalue weighted by Gasteiger charge is -2.09. The van der Waals surface area contributed by atoms with E-state index in [1.54, 1.807) is 6.92 Å². The van der Waals surface area contributed by atoms with Crippen molar-refractivity contribution in [2.75, 3.05) is 0 Å². The molecule has 5 heteroatoms. The van der Waals surface area contributed by atoms with E-state index in [0.717, 1.165) is 6.07 Å². The summed E-state index contributed by atoms with van der Waals surface area (Å²) < 4.78 is 38.8. The Morgan fingerprint density at radius 3 is 2.38 bits per heavy atom. The Kier molecular flexibility index (Phi) is 2.71. The summed E-state index contributed by atoms with van der Waals surface area (Å²) in [5.41, 5.74) is 0.705. The number of halogens is 4. The molecule has 0 aliphatic carbocycles. The lowest BCUT2D eigenvalue weighted by Crippen LogP contribution is -2.17. The third kappa shape index (κ3) is 3.14. The zero-order valence-corrected chi connectivity index (χ0v) is 7.41. The van der Waals surface area contributed by atoms with Crippen LogP contribution in [0.1, 0.15) is 5.56 Å². The maximum absolute atomic E-state index is 11.7. The SMILES string of the molecule is Cc1ccc(OC(F)(F)F)cc1Cl. The molecule has 1 rings (SSSR count). The summed E-state index contributed by atoms with van der Waals surface area (Å²) in [6.45, 7) is 1.69. The van der Waals surface area contributed by atoms with Crippen molar-refractivity contribution in [2.45, 2.75) is 13.3 Å². The number of hydrogen-bond donors (Lipinski definition) is 0. The molecule has 1 aromatic rings. The van der Waals surface area contributed by atoms with Crippen LogP contribution in [0.4, 0.5) is 13.2 Å². The van der Waals surface area contributed by atoms with Gasteiger partial charge in [-0.15, -0.1) is 13.2 Å². The van der Waals surface area contributed by atoms with Gasteiger partial charge in [0, 0.05) is 5.02 Å². The van der Waals surface area contributed by atoms with Gasteiger partial charge < -0.3 is 4.74 Å². The predicted molar refractivity (Wildman–Crippen MR) is 42.9 cm³/mol. The molecule has 1 nitrogen and oxygen atoms in total. The van der Waals surface area contributed by atoms with Gasteiger partial charge in [-0.2, -0.15) is 0 Å². The predicted octanol–water partition coefficient (Wildman–Crippen LogP) is 3.55. The molecule has 0 unspecified atom stereocenters. The molecule has 0 aliphatic heterocycles. The van der Waals surface area contributed by atoms with Crippen LogP contribution < -0.4 is 4.74 Å². The second-order valence-corrected chi connectivity index (χ2v) is 2.87. The average molecular weight is 211 g/mol. The quantitative estimate of drug-likeness (QED) is 0.689. The van der Waals surface area contributed by atoms with Crippen LogP contribution in [0, 0.1) is 6.92 Å². The van der Waals surface area contributed by atoms with Crippen molar-refractivity contribution in [3.63, 3.8) is 0 Å². The summed E-state index contributed by atoms with van der Waals surface area (Å²) in [5, 5.41) is 0.252. The molecule has 0 N–H and O–H groups in total. The van der Waals surface area contributed by atoms with Crippen molar-refractivity contribution in [1.82, 2.24) is 0 Å². The van der Waals surface area contributed by atoms with Gasteiger partial charge in [0.15, 0.2) is 0 Å². The number of aryl methyl sites for hydroxylation is 1. The van der Waals surface area contributed by atoms with Crippen molar-refractivity contribution >= 4 is 11.6 Å². The molecule has 0 fully saturated rings. The molecule has 0 spiro atoms. The Balaban J connectivity index is 2.86. The molecule has 1 aromatic carbocycles. The van der Waals surface area contributed by atoms with E-state index in [9.17, 15) is 13.2 Å². The van der Waals surface area contributed by atoms with Crippen molar-refractivity contribution in [3.8, 4) is 5.75 Å². The summed E-state index contributed by atoms with van der Waals surface area (Å²) in [6, 6.07) is 3.81. The van der Waals surface area contributed by atoms with Gasteiger partial charge in [-0.05, 0) is 24.6 Å². The van der Waals surface area contributed by atoms with Crippen molar-refractivity contribution < 1.29 is 17.9 Å². The topological polar surface area (TPSA) is 9.23 Å². The lowest BCUT2D eigenvalue weighted by atomic mass is 10.2. The smallest absolute Gasteiger partial charge is 0.406 e. The molecule has 0 aliphatic rings. The van der Waals surface area contributed by atoms with Crippen LogP contribution in [0.25, 0.3) is 0 Å². The summed E-state index contributed by atoms with van der Waals surface area (Å²) in [5.74, 6) is -0.303. The zero-order valence-electron chi connectivity index (χ0n) is 6.65. The minimum Gasteiger partial charge on any atom is -0.406 e. The Morgan fingerprint density at radius 1 is 1.31 bits per heavy atom. The van der Waals surface area contributed by atoms with E-state index in [0.29, 0.717) is 5.56 Å². The molecule has 0 bridgehead atoms. The van der Waals surface area contributed by atoms with E-state index < -0.39 is 6.36 Å². The Labute approximate surface area is 78.1 Å². The molecule has 0 saturated heterocycles. The van der Waals surface area contributed by atoms with Gasteiger partial charge in [0.1, 0.15) is 5.75 Å². The van der Waals surface area contributed by atoms with Crippen molar-refractivity contribution in [2.24, 2.45) is 0 Å². The standard InChI is InChI=1S/C8H6ClF3O/c1-5-2-3-6(4-7(5)9)13-8(10,11)12/h2-4H,1H3.